The van der Waals surface area contributed by atoms with Crippen LogP contribution in [0.25, 0.3) is 10.8 Å². The van der Waals surface area contributed by atoms with Crippen molar-refractivity contribution in [1.82, 2.24) is 0 Å². The number of benzene rings is 2. The van der Waals surface area contributed by atoms with Crippen LogP contribution in [0.1, 0.15) is 48.0 Å². The van der Waals surface area contributed by atoms with Gasteiger partial charge in [0.05, 0.1) is 17.6 Å². The van der Waals surface area contributed by atoms with Crippen molar-refractivity contribution in [3.05, 3.63) is 58.5 Å². The number of fused-ring (bicyclic) bond motifs is 2. The van der Waals surface area contributed by atoms with Crippen LogP contribution in [0.3, 0.4) is 0 Å². The van der Waals surface area contributed by atoms with E-state index in [1.165, 1.54) is 18.4 Å². The van der Waals surface area contributed by atoms with Gasteiger partial charge in [-0.3, -0.25) is 4.72 Å². The van der Waals surface area contributed by atoms with Crippen LogP contribution in [0.5, 0.6) is 0 Å². The predicted molar refractivity (Wildman–Crippen MR) is 125 cm³/mol. The van der Waals surface area contributed by atoms with Crippen LogP contribution in [0.15, 0.2) is 47.4 Å². The number of sulfonamides is 1. The number of hydrogen-bond donors (Lipinski definition) is 1. The normalized spacial score (nSPS) is 16.7. The number of ether oxygens (including phenoxy) is 1. The molecule has 1 unspecified atom stereocenters. The molecule has 5 nitrogen and oxygen atoms in total. The first-order valence-electron chi connectivity index (χ1n) is 10.3. The van der Waals surface area contributed by atoms with Crippen molar-refractivity contribution in [3.63, 3.8) is 0 Å². The molecule has 0 amide bonds. The Morgan fingerprint density at radius 1 is 1.13 bits per heavy atom. The van der Waals surface area contributed by atoms with E-state index in [0.29, 0.717) is 16.5 Å². The molecule has 0 saturated heterocycles. The second kappa shape index (κ2) is 7.95. The van der Waals surface area contributed by atoms with Crippen LogP contribution in [-0.4, -0.2) is 21.5 Å². The Kier molecular flexibility index (Phi) is 5.60. The van der Waals surface area contributed by atoms with Gasteiger partial charge in [0, 0.05) is 4.88 Å². The summed E-state index contributed by atoms with van der Waals surface area (Å²) in [4.78, 5) is 13.8. The highest BCUT2D eigenvalue weighted by atomic mass is 32.2. The molecule has 1 aliphatic rings. The Morgan fingerprint density at radius 2 is 1.84 bits per heavy atom. The molecule has 0 aliphatic heterocycles. The Morgan fingerprint density at radius 3 is 2.52 bits per heavy atom. The van der Waals surface area contributed by atoms with Crippen molar-refractivity contribution in [2.24, 2.45) is 11.3 Å². The van der Waals surface area contributed by atoms with Gasteiger partial charge in [-0.05, 0) is 59.1 Å². The fraction of sp³-hybridized carbons (Fsp3) is 0.375. The molecule has 2 aromatic carbocycles. The fourth-order valence-electron chi connectivity index (χ4n) is 4.23. The molecule has 1 atom stereocenters. The summed E-state index contributed by atoms with van der Waals surface area (Å²) in [5, 5.41) is 2.16. The Bertz CT molecular complexity index is 1250. The molecular formula is C24H27NO4S2. The molecule has 31 heavy (non-hydrogen) atoms. The van der Waals surface area contributed by atoms with E-state index in [1.54, 1.807) is 18.2 Å². The zero-order chi connectivity index (χ0) is 22.4. The monoisotopic (exact) mass is 457 g/mol. The van der Waals surface area contributed by atoms with E-state index in [1.807, 2.05) is 24.3 Å². The minimum Gasteiger partial charge on any atom is -0.465 e. The number of carbonyl (C=O) groups is 1. The third-order valence-corrected chi connectivity index (χ3v) is 8.78. The number of esters is 1. The first-order valence-corrected chi connectivity index (χ1v) is 12.6. The molecule has 1 heterocycles. The third kappa shape index (κ3) is 4.21. The number of thiophene rings is 1. The number of anilines is 1. The van der Waals surface area contributed by atoms with E-state index in [0.717, 1.165) is 40.5 Å². The van der Waals surface area contributed by atoms with Crippen LogP contribution in [0, 0.1) is 11.3 Å². The minimum absolute atomic E-state index is 0.151. The SMILES string of the molecule is COC(=O)c1c(NS(=O)(=O)c2ccc3ccccc3c2)sc2c1CCC(C(C)(C)C)C2. The molecule has 1 N–H and O–H groups in total. The van der Waals surface area contributed by atoms with Gasteiger partial charge < -0.3 is 4.74 Å². The second-order valence-corrected chi connectivity index (χ2v) is 11.9. The lowest BCUT2D eigenvalue weighted by molar-refractivity contribution is 0.0600. The van der Waals surface area contributed by atoms with Gasteiger partial charge in [-0.1, -0.05) is 51.1 Å². The van der Waals surface area contributed by atoms with Crippen LogP contribution in [0.4, 0.5) is 5.00 Å². The molecule has 0 fully saturated rings. The molecule has 0 radical (unpaired) electrons. The number of nitrogens with one attached hydrogen (secondary N) is 1. The fourth-order valence-corrected chi connectivity index (χ4v) is 6.89. The molecule has 0 bridgehead atoms. The highest BCUT2D eigenvalue weighted by molar-refractivity contribution is 7.93. The van der Waals surface area contributed by atoms with E-state index in [2.05, 4.69) is 25.5 Å². The molecular weight excluding hydrogens is 430 g/mol. The Balaban J connectivity index is 1.73. The summed E-state index contributed by atoms with van der Waals surface area (Å²) < 4.78 is 34.1. The van der Waals surface area contributed by atoms with Gasteiger partial charge in [0.2, 0.25) is 0 Å². The van der Waals surface area contributed by atoms with E-state index in [-0.39, 0.29) is 10.3 Å². The molecule has 0 spiro atoms. The van der Waals surface area contributed by atoms with Crippen molar-refractivity contribution in [3.8, 4) is 0 Å². The Hall–Kier alpha value is -2.38. The molecule has 0 saturated carbocycles. The molecule has 1 aliphatic carbocycles. The van der Waals surface area contributed by atoms with E-state index < -0.39 is 16.0 Å². The van der Waals surface area contributed by atoms with Gasteiger partial charge in [-0.15, -0.1) is 11.3 Å². The molecule has 4 rings (SSSR count). The summed E-state index contributed by atoms with van der Waals surface area (Å²) in [6.07, 6.45) is 2.55. The minimum atomic E-state index is -3.86. The van der Waals surface area contributed by atoms with Crippen LogP contribution < -0.4 is 4.72 Å². The van der Waals surface area contributed by atoms with Crippen molar-refractivity contribution < 1.29 is 17.9 Å². The average Bonchev–Trinajstić information content (AvgIpc) is 3.08. The lowest BCUT2D eigenvalue weighted by Gasteiger charge is -2.33. The highest BCUT2D eigenvalue weighted by Crippen LogP contribution is 2.45. The maximum absolute atomic E-state index is 13.2. The smallest absolute Gasteiger partial charge is 0.341 e. The van der Waals surface area contributed by atoms with Crippen LogP contribution in [-0.2, 0) is 27.6 Å². The van der Waals surface area contributed by atoms with Gasteiger partial charge in [-0.2, -0.15) is 0 Å². The number of carbonyl (C=O) groups excluding carboxylic acids is 1. The van der Waals surface area contributed by atoms with E-state index in [4.69, 9.17) is 4.74 Å². The maximum Gasteiger partial charge on any atom is 0.341 e. The molecule has 164 valence electrons. The summed E-state index contributed by atoms with van der Waals surface area (Å²) in [6.45, 7) is 6.67. The first-order chi connectivity index (χ1) is 14.6. The van der Waals surface area contributed by atoms with Gasteiger partial charge in [0.1, 0.15) is 5.00 Å². The topological polar surface area (TPSA) is 72.5 Å². The maximum atomic E-state index is 13.2. The third-order valence-electron chi connectivity index (χ3n) is 6.14. The first kappa shape index (κ1) is 21.8. The van der Waals surface area contributed by atoms with Gasteiger partial charge in [-0.25, -0.2) is 13.2 Å². The second-order valence-electron chi connectivity index (χ2n) is 9.12. The molecule has 3 aromatic rings. The Labute approximate surface area is 187 Å². The summed E-state index contributed by atoms with van der Waals surface area (Å²) in [7, 11) is -2.53. The highest BCUT2D eigenvalue weighted by Gasteiger charge is 2.35. The van der Waals surface area contributed by atoms with Crippen LogP contribution >= 0.6 is 11.3 Å². The lowest BCUT2D eigenvalue weighted by atomic mass is 9.72. The largest absolute Gasteiger partial charge is 0.465 e. The average molecular weight is 458 g/mol. The van der Waals surface area contributed by atoms with Gasteiger partial charge in [0.15, 0.2) is 0 Å². The molecule has 7 heteroatoms. The predicted octanol–water partition coefficient (Wildman–Crippen LogP) is 5.64. The van der Waals surface area contributed by atoms with Crippen molar-refractivity contribution >= 4 is 43.1 Å². The van der Waals surface area contributed by atoms with Crippen molar-refractivity contribution in [1.29, 1.82) is 0 Å². The van der Waals surface area contributed by atoms with Crippen molar-refractivity contribution in [2.75, 3.05) is 11.8 Å². The summed E-state index contributed by atoms with van der Waals surface area (Å²) >= 11 is 1.36. The molecule has 1 aromatic heterocycles. The van der Waals surface area contributed by atoms with E-state index in [9.17, 15) is 13.2 Å². The summed E-state index contributed by atoms with van der Waals surface area (Å²) in [5.74, 6) is -0.0167. The van der Waals surface area contributed by atoms with Gasteiger partial charge >= 0.3 is 5.97 Å². The van der Waals surface area contributed by atoms with Crippen LogP contribution in [0.2, 0.25) is 0 Å². The number of hydrogen-bond acceptors (Lipinski definition) is 5. The summed E-state index contributed by atoms with van der Waals surface area (Å²) in [6, 6.07) is 12.6. The van der Waals surface area contributed by atoms with Crippen molar-refractivity contribution in [2.45, 2.75) is 44.9 Å². The van der Waals surface area contributed by atoms with Gasteiger partial charge in [0.25, 0.3) is 10.0 Å². The quantitative estimate of drug-likeness (QED) is 0.515. The zero-order valence-electron chi connectivity index (χ0n) is 18.2. The lowest BCUT2D eigenvalue weighted by Crippen LogP contribution is -2.26. The standard InChI is InChI=1S/C24H27NO4S2/c1-24(2,3)17-10-12-19-20(14-17)30-22(21(19)23(26)29-4)25-31(27,28)18-11-9-15-7-5-6-8-16(15)13-18/h5-9,11,13,17,25H,10,12,14H2,1-4H3. The van der Waals surface area contributed by atoms with E-state index >= 15 is 0 Å². The number of methoxy groups -OCH3 is 1. The summed E-state index contributed by atoms with van der Waals surface area (Å²) in [5.41, 5.74) is 1.44. The number of rotatable bonds is 4. The zero-order valence-corrected chi connectivity index (χ0v) is 19.8.